The number of aliphatic hydroxyl groups excluding tert-OH is 4. The predicted molar refractivity (Wildman–Crippen MR) is 47.2 cm³/mol. The van der Waals surface area contributed by atoms with E-state index in [2.05, 4.69) is 4.58 Å². The highest BCUT2D eigenvalue weighted by atomic mass is 32.2. The van der Waals surface area contributed by atoms with Gasteiger partial charge in [-0.15, -0.1) is 4.91 Å². The first-order valence-electron chi connectivity index (χ1n) is 3.90. The fourth-order valence-electron chi connectivity index (χ4n) is 1.20. The molecule has 1 aliphatic heterocycles. The summed E-state index contributed by atoms with van der Waals surface area (Å²) in [5.41, 5.74) is -1.07. The molecule has 0 radical (unpaired) electrons. The molecule has 0 aromatic carbocycles. The summed E-state index contributed by atoms with van der Waals surface area (Å²) in [4.78, 5) is 9.92. The van der Waals surface area contributed by atoms with Crippen molar-refractivity contribution in [3.63, 3.8) is 0 Å². The summed E-state index contributed by atoms with van der Waals surface area (Å²) in [5.74, 6) is 0. The zero-order valence-electron chi connectivity index (χ0n) is 7.05. The van der Waals surface area contributed by atoms with Gasteiger partial charge in [0.1, 0.15) is 24.4 Å². The lowest BCUT2D eigenvalue weighted by Crippen LogP contribution is -2.57. The SMILES string of the molecule is O=NSC1OC(CO)C(O)C(O)C1O. The number of aliphatic hydroxyl groups is 4. The largest absolute Gasteiger partial charge is 0.394 e. The Bertz CT molecular complexity index is 203. The molecule has 0 aromatic rings. The normalized spacial score (nSPS) is 43.6. The third-order valence-electron chi connectivity index (χ3n) is 2.00. The zero-order chi connectivity index (χ0) is 10.7. The highest BCUT2D eigenvalue weighted by Crippen LogP contribution is 2.28. The average Bonchev–Trinajstić information content (AvgIpc) is 2.19. The number of rotatable bonds is 3. The standard InChI is InChI=1S/C6H11NO6S/c8-1-2-3(9)4(10)5(11)6(13-2)14-7-12/h2-6,8-11H,1H2. The van der Waals surface area contributed by atoms with Gasteiger partial charge in [-0.2, -0.15) is 0 Å². The molecule has 0 aromatic heterocycles. The van der Waals surface area contributed by atoms with Crippen molar-refractivity contribution in [2.45, 2.75) is 29.9 Å². The van der Waals surface area contributed by atoms with Gasteiger partial charge in [-0.3, -0.25) is 0 Å². The molecule has 1 aliphatic rings. The minimum Gasteiger partial charge on any atom is -0.394 e. The van der Waals surface area contributed by atoms with E-state index >= 15 is 0 Å². The maximum Gasteiger partial charge on any atom is 0.156 e. The summed E-state index contributed by atoms with van der Waals surface area (Å²) in [6.45, 7) is -0.513. The Hall–Kier alpha value is -0.250. The molecule has 5 unspecified atom stereocenters. The molecule has 1 saturated heterocycles. The van der Waals surface area contributed by atoms with E-state index in [-0.39, 0.29) is 0 Å². The van der Waals surface area contributed by atoms with E-state index in [1.807, 2.05) is 0 Å². The topological polar surface area (TPSA) is 120 Å². The van der Waals surface area contributed by atoms with Crippen molar-refractivity contribution in [2.24, 2.45) is 4.58 Å². The van der Waals surface area contributed by atoms with Gasteiger partial charge in [-0.1, -0.05) is 0 Å². The van der Waals surface area contributed by atoms with Crippen LogP contribution in [0.25, 0.3) is 0 Å². The first kappa shape index (κ1) is 11.8. The second-order valence-corrected chi connectivity index (χ2v) is 3.70. The van der Waals surface area contributed by atoms with Gasteiger partial charge in [-0.05, 0) is 0 Å². The van der Waals surface area contributed by atoms with Crippen LogP contribution in [0.5, 0.6) is 0 Å². The predicted octanol–water partition coefficient (Wildman–Crippen LogP) is -1.80. The van der Waals surface area contributed by atoms with Crippen LogP contribution in [0.3, 0.4) is 0 Å². The second-order valence-electron chi connectivity index (χ2n) is 2.88. The third kappa shape index (κ3) is 2.22. The van der Waals surface area contributed by atoms with Gasteiger partial charge in [0.05, 0.1) is 18.6 Å². The molecule has 82 valence electrons. The molecule has 5 atom stereocenters. The smallest absolute Gasteiger partial charge is 0.156 e. The van der Waals surface area contributed by atoms with Gasteiger partial charge in [0.15, 0.2) is 5.44 Å². The maximum absolute atomic E-state index is 9.92. The van der Waals surface area contributed by atoms with Crippen LogP contribution < -0.4 is 0 Å². The first-order chi connectivity index (χ1) is 6.61. The molecule has 1 rings (SSSR count). The zero-order valence-corrected chi connectivity index (χ0v) is 7.87. The molecule has 1 fully saturated rings. The Kier molecular flexibility index (Phi) is 4.23. The lowest BCUT2D eigenvalue weighted by Gasteiger charge is -2.38. The molecular formula is C6H11NO6S. The molecule has 7 nitrogen and oxygen atoms in total. The fourth-order valence-corrected chi connectivity index (χ4v) is 1.76. The quantitative estimate of drug-likeness (QED) is 0.330. The Morgan fingerprint density at radius 1 is 1.21 bits per heavy atom. The first-order valence-corrected chi connectivity index (χ1v) is 4.74. The van der Waals surface area contributed by atoms with Crippen LogP contribution in [0.15, 0.2) is 4.58 Å². The molecule has 14 heavy (non-hydrogen) atoms. The number of hydrogen-bond donors (Lipinski definition) is 4. The molecule has 0 bridgehead atoms. The minimum absolute atomic E-state index is 0.400. The molecule has 0 amide bonds. The van der Waals surface area contributed by atoms with Gasteiger partial charge in [0, 0.05) is 4.58 Å². The van der Waals surface area contributed by atoms with E-state index in [9.17, 15) is 20.2 Å². The monoisotopic (exact) mass is 225 g/mol. The maximum atomic E-state index is 9.92. The van der Waals surface area contributed by atoms with Crippen LogP contribution >= 0.6 is 11.9 Å². The van der Waals surface area contributed by atoms with Crippen LogP contribution in [0.4, 0.5) is 0 Å². The van der Waals surface area contributed by atoms with Crippen molar-refractivity contribution in [2.75, 3.05) is 6.61 Å². The molecule has 4 N–H and O–H groups in total. The number of hydrogen-bond acceptors (Lipinski definition) is 8. The van der Waals surface area contributed by atoms with Gasteiger partial charge < -0.3 is 25.2 Å². The molecule has 0 saturated carbocycles. The highest BCUT2D eigenvalue weighted by Gasteiger charge is 2.44. The lowest BCUT2D eigenvalue weighted by molar-refractivity contribution is -0.205. The van der Waals surface area contributed by atoms with E-state index in [4.69, 9.17) is 9.84 Å². The van der Waals surface area contributed by atoms with Crippen LogP contribution in [0.2, 0.25) is 0 Å². The van der Waals surface area contributed by atoms with Crippen molar-refractivity contribution in [3.8, 4) is 0 Å². The Balaban J connectivity index is 2.67. The van der Waals surface area contributed by atoms with E-state index < -0.39 is 36.5 Å². The van der Waals surface area contributed by atoms with Crippen molar-refractivity contribution < 1.29 is 25.2 Å². The molecular weight excluding hydrogens is 214 g/mol. The minimum atomic E-state index is -1.46. The Morgan fingerprint density at radius 3 is 2.36 bits per heavy atom. The fraction of sp³-hybridized carbons (Fsp3) is 1.00. The van der Waals surface area contributed by atoms with E-state index in [1.165, 1.54) is 0 Å². The van der Waals surface area contributed by atoms with Gasteiger partial charge in [0.2, 0.25) is 0 Å². The summed E-state index contributed by atoms with van der Waals surface area (Å²) in [6, 6.07) is 0. The second kappa shape index (κ2) is 5.01. The van der Waals surface area contributed by atoms with Crippen LogP contribution in [-0.4, -0.2) is 56.9 Å². The van der Waals surface area contributed by atoms with E-state index in [0.717, 1.165) is 0 Å². The molecule has 1 heterocycles. The summed E-state index contributed by atoms with van der Waals surface area (Å²) >= 11 is 0.400. The number of nitrogens with zero attached hydrogens (tertiary/aromatic N) is 1. The Labute approximate surface area is 83.8 Å². The van der Waals surface area contributed by atoms with E-state index in [1.54, 1.807) is 0 Å². The van der Waals surface area contributed by atoms with E-state index in [0.29, 0.717) is 11.9 Å². The highest BCUT2D eigenvalue weighted by molar-refractivity contribution is 7.98. The summed E-state index contributed by atoms with van der Waals surface area (Å²) in [5, 5.41) is 36.6. The van der Waals surface area contributed by atoms with Crippen LogP contribution in [-0.2, 0) is 4.74 Å². The van der Waals surface area contributed by atoms with Crippen LogP contribution in [0, 0.1) is 4.91 Å². The molecule has 0 aliphatic carbocycles. The van der Waals surface area contributed by atoms with Gasteiger partial charge in [0.25, 0.3) is 0 Å². The average molecular weight is 225 g/mol. The summed E-state index contributed by atoms with van der Waals surface area (Å²) in [7, 11) is 0. The van der Waals surface area contributed by atoms with Crippen molar-refractivity contribution >= 4 is 11.9 Å². The van der Waals surface area contributed by atoms with Crippen molar-refractivity contribution in [1.82, 2.24) is 0 Å². The lowest BCUT2D eigenvalue weighted by atomic mass is 10.0. The number of ether oxygens (including phenoxy) is 1. The van der Waals surface area contributed by atoms with Crippen LogP contribution in [0.1, 0.15) is 0 Å². The third-order valence-corrected chi connectivity index (χ3v) is 2.68. The summed E-state index contributed by atoms with van der Waals surface area (Å²) in [6.07, 6.45) is -5.26. The number of nitroso groups, excluding NO2 is 1. The molecule has 8 heteroatoms. The van der Waals surface area contributed by atoms with Gasteiger partial charge in [-0.25, -0.2) is 0 Å². The molecule has 0 spiro atoms. The summed E-state index contributed by atoms with van der Waals surface area (Å²) < 4.78 is 7.38. The Morgan fingerprint density at radius 2 is 1.86 bits per heavy atom. The van der Waals surface area contributed by atoms with Crippen molar-refractivity contribution in [1.29, 1.82) is 0 Å². The van der Waals surface area contributed by atoms with Crippen molar-refractivity contribution in [3.05, 3.63) is 4.91 Å². The van der Waals surface area contributed by atoms with Gasteiger partial charge >= 0.3 is 0 Å².